The van der Waals surface area contributed by atoms with Gasteiger partial charge in [0, 0.05) is 18.9 Å². The number of nitrogens with one attached hydrogen (secondary N) is 1. The van der Waals surface area contributed by atoms with Crippen molar-refractivity contribution < 1.29 is 9.59 Å². The zero-order chi connectivity index (χ0) is 15.5. The van der Waals surface area contributed by atoms with Crippen LogP contribution in [0.15, 0.2) is 24.3 Å². The molecule has 0 aliphatic heterocycles. The summed E-state index contributed by atoms with van der Waals surface area (Å²) in [7, 11) is 0. The molecule has 2 saturated carbocycles. The summed E-state index contributed by atoms with van der Waals surface area (Å²) >= 11 is 0. The number of hydrogen-bond acceptors (Lipinski definition) is 2. The fourth-order valence-corrected chi connectivity index (χ4v) is 3.35. The van der Waals surface area contributed by atoms with E-state index in [0.717, 1.165) is 49.9 Å². The van der Waals surface area contributed by atoms with Gasteiger partial charge in [-0.25, -0.2) is 0 Å². The van der Waals surface area contributed by atoms with Crippen LogP contribution in [-0.2, 0) is 9.59 Å². The molecule has 0 aromatic heterocycles. The van der Waals surface area contributed by atoms with Crippen molar-refractivity contribution in [3.8, 4) is 0 Å². The van der Waals surface area contributed by atoms with Crippen molar-refractivity contribution in [3.63, 3.8) is 0 Å². The lowest BCUT2D eigenvalue weighted by Crippen LogP contribution is -2.32. The second-order valence-electron chi connectivity index (χ2n) is 6.46. The van der Waals surface area contributed by atoms with Gasteiger partial charge in [-0.2, -0.15) is 0 Å². The molecule has 1 N–H and O–H groups in total. The van der Waals surface area contributed by atoms with Crippen molar-refractivity contribution in [1.29, 1.82) is 0 Å². The third-order valence-corrected chi connectivity index (χ3v) is 4.65. The highest BCUT2D eigenvalue weighted by Gasteiger charge is 2.33. The molecule has 3 rings (SSSR count). The van der Waals surface area contributed by atoms with E-state index in [0.29, 0.717) is 6.04 Å². The molecule has 2 aliphatic rings. The molecule has 0 radical (unpaired) electrons. The summed E-state index contributed by atoms with van der Waals surface area (Å²) in [6.45, 7) is 1.60. The highest BCUT2D eigenvalue weighted by atomic mass is 16.2. The lowest BCUT2D eigenvalue weighted by Gasteiger charge is -2.26. The molecular weight excluding hydrogens is 276 g/mol. The Hall–Kier alpha value is -1.84. The van der Waals surface area contributed by atoms with E-state index in [4.69, 9.17) is 0 Å². The van der Waals surface area contributed by atoms with Crippen LogP contribution in [0.25, 0.3) is 0 Å². The quantitative estimate of drug-likeness (QED) is 0.921. The van der Waals surface area contributed by atoms with Gasteiger partial charge in [0.2, 0.25) is 11.8 Å². The van der Waals surface area contributed by atoms with E-state index >= 15 is 0 Å². The molecule has 0 bridgehead atoms. The van der Waals surface area contributed by atoms with Crippen molar-refractivity contribution in [2.75, 3.05) is 10.2 Å². The van der Waals surface area contributed by atoms with E-state index in [1.54, 1.807) is 6.92 Å². The van der Waals surface area contributed by atoms with Gasteiger partial charge in [-0.1, -0.05) is 31.4 Å². The minimum atomic E-state index is 0.0434. The molecule has 0 saturated heterocycles. The number of nitrogens with zero attached hydrogens (tertiary/aromatic N) is 1. The largest absolute Gasteiger partial charge is 0.324 e. The Bertz CT molecular complexity index is 560. The van der Waals surface area contributed by atoms with Gasteiger partial charge in [0.05, 0.1) is 11.4 Å². The summed E-state index contributed by atoms with van der Waals surface area (Å²) in [4.78, 5) is 26.3. The maximum absolute atomic E-state index is 12.5. The molecule has 0 spiro atoms. The maximum atomic E-state index is 12.5. The van der Waals surface area contributed by atoms with Crippen molar-refractivity contribution >= 4 is 23.2 Å². The molecule has 1 aromatic rings. The van der Waals surface area contributed by atoms with E-state index in [9.17, 15) is 9.59 Å². The molecule has 2 fully saturated rings. The zero-order valence-corrected chi connectivity index (χ0v) is 13.2. The number of carbonyl (C=O) groups excluding carboxylic acids is 2. The van der Waals surface area contributed by atoms with E-state index in [1.165, 1.54) is 6.42 Å². The van der Waals surface area contributed by atoms with E-state index in [-0.39, 0.29) is 17.7 Å². The van der Waals surface area contributed by atoms with Crippen LogP contribution in [0.4, 0.5) is 11.4 Å². The average molecular weight is 300 g/mol. The van der Waals surface area contributed by atoms with Gasteiger partial charge < -0.3 is 10.2 Å². The van der Waals surface area contributed by atoms with Crippen LogP contribution in [0.1, 0.15) is 51.9 Å². The highest BCUT2D eigenvalue weighted by molar-refractivity contribution is 6.01. The number of anilines is 2. The normalized spacial score (nSPS) is 18.8. The summed E-state index contributed by atoms with van der Waals surface area (Å²) in [5.41, 5.74) is 1.60. The molecule has 118 valence electrons. The Balaban J connectivity index is 1.78. The fourth-order valence-electron chi connectivity index (χ4n) is 3.35. The second-order valence-corrected chi connectivity index (χ2v) is 6.46. The summed E-state index contributed by atoms with van der Waals surface area (Å²) in [5, 5.41) is 3.07. The van der Waals surface area contributed by atoms with Crippen molar-refractivity contribution in [2.24, 2.45) is 5.92 Å². The number of carbonyl (C=O) groups is 2. The molecular formula is C18H24N2O2. The second kappa shape index (κ2) is 6.51. The maximum Gasteiger partial charge on any atom is 0.227 e. The van der Waals surface area contributed by atoms with Crippen molar-refractivity contribution in [2.45, 2.75) is 57.9 Å². The Kier molecular flexibility index (Phi) is 4.46. The number of para-hydroxylation sites is 2. The molecule has 22 heavy (non-hydrogen) atoms. The minimum Gasteiger partial charge on any atom is -0.324 e. The molecule has 4 nitrogen and oxygen atoms in total. The standard InChI is InChI=1S/C18H24N2O2/c1-13(21)20(15-11-12-15)17-10-6-5-9-16(17)19-18(22)14-7-3-2-4-8-14/h5-6,9-10,14-15H,2-4,7-8,11-12H2,1H3,(H,19,22). The lowest BCUT2D eigenvalue weighted by molar-refractivity contribution is -0.121. The summed E-state index contributed by atoms with van der Waals surface area (Å²) < 4.78 is 0. The van der Waals surface area contributed by atoms with Crippen LogP contribution in [-0.4, -0.2) is 17.9 Å². The first kappa shape index (κ1) is 15.1. The minimum absolute atomic E-state index is 0.0434. The molecule has 4 heteroatoms. The Morgan fingerprint density at radius 3 is 2.36 bits per heavy atom. The molecule has 0 unspecified atom stereocenters. The first-order chi connectivity index (χ1) is 10.7. The molecule has 1 aromatic carbocycles. The Morgan fingerprint density at radius 1 is 1.05 bits per heavy atom. The Labute approximate surface area is 131 Å². The smallest absolute Gasteiger partial charge is 0.227 e. The van der Waals surface area contributed by atoms with Crippen LogP contribution >= 0.6 is 0 Å². The summed E-state index contributed by atoms with van der Waals surface area (Å²) in [6.07, 6.45) is 7.57. The molecule has 0 heterocycles. The van der Waals surface area contributed by atoms with E-state index in [2.05, 4.69) is 5.32 Å². The topological polar surface area (TPSA) is 49.4 Å². The monoisotopic (exact) mass is 300 g/mol. The van der Waals surface area contributed by atoms with Crippen LogP contribution < -0.4 is 10.2 Å². The van der Waals surface area contributed by atoms with Crippen LogP contribution in [0.3, 0.4) is 0 Å². The van der Waals surface area contributed by atoms with Gasteiger partial charge in [0.1, 0.15) is 0 Å². The Morgan fingerprint density at radius 2 is 1.73 bits per heavy atom. The van der Waals surface area contributed by atoms with Crippen LogP contribution in [0, 0.1) is 5.92 Å². The molecule has 2 amide bonds. The third-order valence-electron chi connectivity index (χ3n) is 4.65. The van der Waals surface area contributed by atoms with Gasteiger partial charge in [0.25, 0.3) is 0 Å². The van der Waals surface area contributed by atoms with E-state index < -0.39 is 0 Å². The molecule has 0 atom stereocenters. The lowest BCUT2D eigenvalue weighted by atomic mass is 9.88. The van der Waals surface area contributed by atoms with Crippen LogP contribution in [0.2, 0.25) is 0 Å². The number of hydrogen-bond donors (Lipinski definition) is 1. The number of amides is 2. The van der Waals surface area contributed by atoms with Gasteiger partial charge in [0.15, 0.2) is 0 Å². The van der Waals surface area contributed by atoms with Crippen LogP contribution in [0.5, 0.6) is 0 Å². The SMILES string of the molecule is CC(=O)N(c1ccccc1NC(=O)C1CCCCC1)C1CC1. The highest BCUT2D eigenvalue weighted by Crippen LogP contribution is 2.36. The number of benzene rings is 1. The first-order valence-corrected chi connectivity index (χ1v) is 8.36. The van der Waals surface area contributed by atoms with E-state index in [1.807, 2.05) is 29.2 Å². The number of rotatable bonds is 4. The van der Waals surface area contributed by atoms with Gasteiger partial charge in [-0.05, 0) is 37.8 Å². The van der Waals surface area contributed by atoms with Gasteiger partial charge >= 0.3 is 0 Å². The fraction of sp³-hybridized carbons (Fsp3) is 0.556. The predicted molar refractivity (Wildman–Crippen MR) is 87.8 cm³/mol. The van der Waals surface area contributed by atoms with Crippen molar-refractivity contribution in [1.82, 2.24) is 0 Å². The van der Waals surface area contributed by atoms with Gasteiger partial charge in [-0.3, -0.25) is 9.59 Å². The third kappa shape index (κ3) is 3.32. The summed E-state index contributed by atoms with van der Waals surface area (Å²) in [6, 6.07) is 7.95. The van der Waals surface area contributed by atoms with Gasteiger partial charge in [-0.15, -0.1) is 0 Å². The average Bonchev–Trinajstić information content (AvgIpc) is 3.34. The summed E-state index contributed by atoms with van der Waals surface area (Å²) in [5.74, 6) is 0.266. The first-order valence-electron chi connectivity index (χ1n) is 8.36. The van der Waals surface area contributed by atoms with Crippen molar-refractivity contribution in [3.05, 3.63) is 24.3 Å². The predicted octanol–water partition coefficient (Wildman–Crippen LogP) is 3.72. The molecule has 2 aliphatic carbocycles. The zero-order valence-electron chi connectivity index (χ0n) is 13.2.